The van der Waals surface area contributed by atoms with Crippen LogP contribution in [-0.2, 0) is 6.42 Å². The number of aromatic hydroxyl groups is 2. The molecule has 0 aliphatic heterocycles. The van der Waals surface area contributed by atoms with E-state index in [9.17, 15) is 13.2 Å². The third-order valence-corrected chi connectivity index (χ3v) is 1.86. The lowest BCUT2D eigenvalue weighted by Gasteiger charge is -2.14. The highest BCUT2D eigenvalue weighted by Crippen LogP contribution is 2.28. The molecule has 84 valence electrons. The summed E-state index contributed by atoms with van der Waals surface area (Å²) >= 11 is 0. The van der Waals surface area contributed by atoms with Crippen LogP contribution in [0.15, 0.2) is 18.2 Å². The van der Waals surface area contributed by atoms with Crippen molar-refractivity contribution in [1.82, 2.24) is 0 Å². The van der Waals surface area contributed by atoms with Crippen LogP contribution in [0.3, 0.4) is 0 Å². The predicted molar refractivity (Wildman–Crippen MR) is 45.5 cm³/mol. The van der Waals surface area contributed by atoms with Crippen LogP contribution in [0, 0.1) is 0 Å². The summed E-state index contributed by atoms with van der Waals surface area (Å²) < 4.78 is 35.9. The summed E-state index contributed by atoms with van der Waals surface area (Å²) in [7, 11) is 0. The van der Waals surface area contributed by atoms with Crippen molar-refractivity contribution >= 4 is 0 Å². The number of aliphatic hydroxyl groups is 1. The van der Waals surface area contributed by atoms with E-state index in [0.717, 1.165) is 18.2 Å². The molecular formula is C9H9F3O3. The molecule has 0 aliphatic carbocycles. The SMILES string of the molecule is Oc1ccc(CC(O)C(F)(F)F)c(O)c1. The van der Waals surface area contributed by atoms with Crippen LogP contribution in [0.25, 0.3) is 0 Å². The van der Waals surface area contributed by atoms with Gasteiger partial charge in [-0.1, -0.05) is 6.07 Å². The number of hydrogen-bond donors (Lipinski definition) is 3. The second kappa shape index (κ2) is 3.98. The summed E-state index contributed by atoms with van der Waals surface area (Å²) in [4.78, 5) is 0. The Bertz CT molecular complexity index is 349. The monoisotopic (exact) mass is 222 g/mol. The number of rotatable bonds is 2. The molecule has 3 nitrogen and oxygen atoms in total. The van der Waals surface area contributed by atoms with Gasteiger partial charge in [0.2, 0.25) is 0 Å². The molecule has 15 heavy (non-hydrogen) atoms. The van der Waals surface area contributed by atoms with Crippen molar-refractivity contribution in [3.63, 3.8) is 0 Å². The van der Waals surface area contributed by atoms with Crippen LogP contribution >= 0.6 is 0 Å². The molecule has 0 fully saturated rings. The minimum Gasteiger partial charge on any atom is -0.508 e. The Morgan fingerprint density at radius 3 is 2.27 bits per heavy atom. The van der Waals surface area contributed by atoms with Gasteiger partial charge in [-0.25, -0.2) is 0 Å². The van der Waals surface area contributed by atoms with Crippen LogP contribution < -0.4 is 0 Å². The first-order chi connectivity index (χ1) is 6.80. The predicted octanol–water partition coefficient (Wildman–Crippen LogP) is 1.56. The first-order valence-corrected chi connectivity index (χ1v) is 4.06. The van der Waals surface area contributed by atoms with Crippen LogP contribution in [0.4, 0.5) is 13.2 Å². The molecular weight excluding hydrogens is 213 g/mol. The lowest BCUT2D eigenvalue weighted by Crippen LogP contribution is -2.30. The third kappa shape index (κ3) is 3.02. The number of benzene rings is 1. The Hall–Kier alpha value is -1.43. The van der Waals surface area contributed by atoms with Gasteiger partial charge in [-0.2, -0.15) is 13.2 Å². The van der Waals surface area contributed by atoms with Gasteiger partial charge in [0.1, 0.15) is 11.5 Å². The number of hydrogen-bond acceptors (Lipinski definition) is 3. The van der Waals surface area contributed by atoms with Crippen LogP contribution in [0.1, 0.15) is 5.56 Å². The van der Waals surface area contributed by atoms with Crippen LogP contribution in [0.2, 0.25) is 0 Å². The fraction of sp³-hybridized carbons (Fsp3) is 0.333. The van der Waals surface area contributed by atoms with E-state index < -0.39 is 24.5 Å². The van der Waals surface area contributed by atoms with E-state index in [4.69, 9.17) is 15.3 Å². The van der Waals surface area contributed by atoms with Crippen molar-refractivity contribution in [3.05, 3.63) is 23.8 Å². The summed E-state index contributed by atoms with van der Waals surface area (Å²) in [6.45, 7) is 0. The minimum atomic E-state index is -4.72. The van der Waals surface area contributed by atoms with E-state index in [1.807, 2.05) is 0 Å². The first kappa shape index (κ1) is 11.6. The quantitative estimate of drug-likeness (QED) is 0.711. The normalized spacial score (nSPS) is 13.9. The van der Waals surface area contributed by atoms with Crippen molar-refractivity contribution in [2.45, 2.75) is 18.7 Å². The lowest BCUT2D eigenvalue weighted by molar-refractivity contribution is -0.203. The molecule has 1 atom stereocenters. The summed E-state index contributed by atoms with van der Waals surface area (Å²) in [6.07, 6.45) is -7.98. The second-order valence-corrected chi connectivity index (χ2v) is 3.07. The highest BCUT2D eigenvalue weighted by Gasteiger charge is 2.38. The fourth-order valence-corrected chi connectivity index (χ4v) is 1.05. The average Bonchev–Trinajstić information content (AvgIpc) is 2.08. The highest BCUT2D eigenvalue weighted by molar-refractivity contribution is 5.39. The molecule has 1 unspecified atom stereocenters. The Balaban J connectivity index is 2.82. The zero-order valence-electron chi connectivity index (χ0n) is 7.49. The average molecular weight is 222 g/mol. The summed E-state index contributed by atoms with van der Waals surface area (Å²) in [5.41, 5.74) is -0.0716. The van der Waals surface area contributed by atoms with Gasteiger partial charge in [0.25, 0.3) is 0 Å². The first-order valence-electron chi connectivity index (χ1n) is 4.06. The molecule has 0 amide bonds. The zero-order valence-corrected chi connectivity index (χ0v) is 7.49. The molecule has 0 saturated heterocycles. The number of phenols is 2. The Labute approximate surface area is 83.4 Å². The maximum Gasteiger partial charge on any atom is 0.414 e. The molecule has 0 aliphatic rings. The van der Waals surface area contributed by atoms with Crippen molar-refractivity contribution < 1.29 is 28.5 Å². The molecule has 1 aromatic carbocycles. The lowest BCUT2D eigenvalue weighted by atomic mass is 10.1. The zero-order chi connectivity index (χ0) is 11.6. The largest absolute Gasteiger partial charge is 0.508 e. The van der Waals surface area contributed by atoms with Gasteiger partial charge in [-0.3, -0.25) is 0 Å². The Kier molecular flexibility index (Phi) is 3.09. The number of alkyl halides is 3. The number of aliphatic hydroxyl groups excluding tert-OH is 1. The van der Waals surface area contributed by atoms with E-state index in [1.54, 1.807) is 0 Å². The van der Waals surface area contributed by atoms with Gasteiger partial charge in [-0.05, 0) is 11.6 Å². The van der Waals surface area contributed by atoms with E-state index in [-0.39, 0.29) is 11.3 Å². The van der Waals surface area contributed by atoms with Crippen molar-refractivity contribution in [1.29, 1.82) is 0 Å². The van der Waals surface area contributed by atoms with Gasteiger partial charge >= 0.3 is 6.18 Å². The molecule has 1 aromatic rings. The fourth-order valence-electron chi connectivity index (χ4n) is 1.05. The minimum absolute atomic E-state index is 0.0716. The molecule has 6 heteroatoms. The van der Waals surface area contributed by atoms with Crippen molar-refractivity contribution in [3.8, 4) is 11.5 Å². The van der Waals surface area contributed by atoms with E-state index >= 15 is 0 Å². The molecule has 0 aromatic heterocycles. The Morgan fingerprint density at radius 2 is 1.80 bits per heavy atom. The van der Waals surface area contributed by atoms with E-state index in [2.05, 4.69) is 0 Å². The van der Waals surface area contributed by atoms with Crippen LogP contribution in [-0.4, -0.2) is 27.6 Å². The number of phenolic OH excluding ortho intramolecular Hbond substituents is 2. The van der Waals surface area contributed by atoms with E-state index in [1.165, 1.54) is 0 Å². The van der Waals surface area contributed by atoms with E-state index in [0.29, 0.717) is 0 Å². The maximum absolute atomic E-state index is 12.0. The maximum atomic E-state index is 12.0. The van der Waals surface area contributed by atoms with Gasteiger partial charge in [0.15, 0.2) is 6.10 Å². The van der Waals surface area contributed by atoms with Gasteiger partial charge in [-0.15, -0.1) is 0 Å². The molecule has 0 spiro atoms. The molecule has 0 bridgehead atoms. The summed E-state index contributed by atoms with van der Waals surface area (Å²) in [6, 6.07) is 3.18. The van der Waals surface area contributed by atoms with Crippen molar-refractivity contribution in [2.24, 2.45) is 0 Å². The third-order valence-electron chi connectivity index (χ3n) is 1.86. The second-order valence-electron chi connectivity index (χ2n) is 3.07. The molecule has 1 rings (SSSR count). The summed E-state index contributed by atoms with van der Waals surface area (Å²) in [5, 5.41) is 26.8. The number of halogens is 3. The van der Waals surface area contributed by atoms with Gasteiger partial charge < -0.3 is 15.3 Å². The molecule has 0 heterocycles. The van der Waals surface area contributed by atoms with Crippen molar-refractivity contribution in [2.75, 3.05) is 0 Å². The highest BCUT2D eigenvalue weighted by atomic mass is 19.4. The van der Waals surface area contributed by atoms with Gasteiger partial charge in [0.05, 0.1) is 0 Å². The summed E-state index contributed by atoms with van der Waals surface area (Å²) in [5.74, 6) is -0.726. The standard InChI is InChI=1S/C9H9F3O3/c10-9(11,12)8(15)3-5-1-2-6(13)4-7(5)14/h1-2,4,8,13-15H,3H2. The van der Waals surface area contributed by atoms with Crippen LogP contribution in [0.5, 0.6) is 11.5 Å². The molecule has 3 N–H and O–H groups in total. The smallest absolute Gasteiger partial charge is 0.414 e. The molecule has 0 radical (unpaired) electrons. The topological polar surface area (TPSA) is 60.7 Å². The van der Waals surface area contributed by atoms with Gasteiger partial charge in [0, 0.05) is 12.5 Å². The molecule has 0 saturated carbocycles. The Morgan fingerprint density at radius 1 is 1.20 bits per heavy atom.